The summed E-state index contributed by atoms with van der Waals surface area (Å²) in [5.41, 5.74) is 8.79. The van der Waals surface area contributed by atoms with Gasteiger partial charge in [0.15, 0.2) is 0 Å². The third-order valence-corrected chi connectivity index (χ3v) is 4.85. The maximum Gasteiger partial charge on any atom is -0.00457 e. The van der Waals surface area contributed by atoms with Gasteiger partial charge < -0.3 is 5.32 Å². The molecule has 0 fully saturated rings. The Bertz CT molecular complexity index is 532. The highest BCUT2D eigenvalue weighted by Gasteiger charge is 2.03. The van der Waals surface area contributed by atoms with Crippen molar-refractivity contribution in [1.82, 2.24) is 5.32 Å². The van der Waals surface area contributed by atoms with Gasteiger partial charge in [0.05, 0.1) is 0 Å². The zero-order valence-electron chi connectivity index (χ0n) is 15.2. The molecule has 1 N–H and O–H groups in total. The summed E-state index contributed by atoms with van der Waals surface area (Å²) in [5.74, 6) is 0. The van der Waals surface area contributed by atoms with E-state index in [0.29, 0.717) is 0 Å². The maximum atomic E-state index is 3.60. The van der Waals surface area contributed by atoms with Gasteiger partial charge in [-0.3, -0.25) is 0 Å². The van der Waals surface area contributed by atoms with Crippen LogP contribution >= 0.6 is 0 Å². The van der Waals surface area contributed by atoms with Gasteiger partial charge in [-0.2, -0.15) is 0 Å². The van der Waals surface area contributed by atoms with Gasteiger partial charge in [0, 0.05) is 0 Å². The van der Waals surface area contributed by atoms with Crippen molar-refractivity contribution < 1.29 is 0 Å². The number of nitrogens with one attached hydrogen (secondary N) is 1. The fourth-order valence-corrected chi connectivity index (χ4v) is 3.39. The summed E-state index contributed by atoms with van der Waals surface area (Å²) in [6.45, 7) is 11.1. The molecule has 1 heteroatoms. The predicted molar refractivity (Wildman–Crippen MR) is 101 cm³/mol. The second-order valence-corrected chi connectivity index (χ2v) is 6.70. The molecule has 0 unspecified atom stereocenters. The standard InChI is InChI=1S/C22H31N/c1-17-9-5-10-18(2)21(17)13-7-15-23-16-8-14-22-19(3)11-6-12-20(22)4/h5-6,9-12,23H,7-8,13-16H2,1-4H3. The van der Waals surface area contributed by atoms with Gasteiger partial charge in [0.2, 0.25) is 0 Å². The number of hydrogen-bond acceptors (Lipinski definition) is 1. The molecule has 0 atom stereocenters. The van der Waals surface area contributed by atoms with Gasteiger partial charge in [-0.25, -0.2) is 0 Å². The van der Waals surface area contributed by atoms with Gasteiger partial charge in [0.1, 0.15) is 0 Å². The average Bonchev–Trinajstić information content (AvgIpc) is 2.51. The van der Waals surface area contributed by atoms with Crippen molar-refractivity contribution >= 4 is 0 Å². The Labute approximate surface area is 142 Å². The lowest BCUT2D eigenvalue weighted by Crippen LogP contribution is -2.18. The van der Waals surface area contributed by atoms with Crippen molar-refractivity contribution in [3.63, 3.8) is 0 Å². The fraction of sp³-hybridized carbons (Fsp3) is 0.455. The van der Waals surface area contributed by atoms with Crippen molar-refractivity contribution in [2.24, 2.45) is 0 Å². The summed E-state index contributed by atoms with van der Waals surface area (Å²) in [5, 5.41) is 3.60. The molecule has 0 aromatic heterocycles. The Kier molecular flexibility index (Phi) is 6.85. The van der Waals surface area contributed by atoms with Crippen molar-refractivity contribution in [3.8, 4) is 0 Å². The van der Waals surface area contributed by atoms with Gasteiger partial charge in [-0.15, -0.1) is 0 Å². The van der Waals surface area contributed by atoms with E-state index in [-0.39, 0.29) is 0 Å². The lowest BCUT2D eigenvalue weighted by atomic mass is 9.98. The van der Waals surface area contributed by atoms with E-state index in [1.807, 2.05) is 0 Å². The van der Waals surface area contributed by atoms with Crippen molar-refractivity contribution in [1.29, 1.82) is 0 Å². The first kappa shape index (κ1) is 17.7. The average molecular weight is 309 g/mol. The smallest absolute Gasteiger partial charge is 0.00457 e. The Morgan fingerprint density at radius 1 is 0.609 bits per heavy atom. The molecule has 0 radical (unpaired) electrons. The monoisotopic (exact) mass is 309 g/mol. The first-order valence-corrected chi connectivity index (χ1v) is 8.90. The quantitative estimate of drug-likeness (QED) is 0.671. The van der Waals surface area contributed by atoms with Gasteiger partial charge in [-0.1, -0.05) is 36.4 Å². The minimum absolute atomic E-state index is 1.11. The largest absolute Gasteiger partial charge is 0.317 e. The highest BCUT2D eigenvalue weighted by atomic mass is 14.8. The Balaban J connectivity index is 1.65. The first-order chi connectivity index (χ1) is 11.1. The second-order valence-electron chi connectivity index (χ2n) is 6.70. The molecular formula is C22H31N. The van der Waals surface area contributed by atoms with E-state index >= 15 is 0 Å². The molecule has 124 valence electrons. The third kappa shape index (κ3) is 5.21. The molecule has 0 saturated heterocycles. The highest BCUT2D eigenvalue weighted by molar-refractivity contribution is 5.34. The maximum absolute atomic E-state index is 3.60. The van der Waals surface area contributed by atoms with E-state index in [4.69, 9.17) is 0 Å². The molecule has 0 amide bonds. The van der Waals surface area contributed by atoms with E-state index < -0.39 is 0 Å². The summed E-state index contributed by atoms with van der Waals surface area (Å²) < 4.78 is 0. The lowest BCUT2D eigenvalue weighted by molar-refractivity contribution is 0.620. The van der Waals surface area contributed by atoms with Crippen LogP contribution in [0.15, 0.2) is 36.4 Å². The van der Waals surface area contributed by atoms with Gasteiger partial charge >= 0.3 is 0 Å². The van der Waals surface area contributed by atoms with Crippen molar-refractivity contribution in [3.05, 3.63) is 69.8 Å². The highest BCUT2D eigenvalue weighted by Crippen LogP contribution is 2.16. The van der Waals surface area contributed by atoms with Gasteiger partial charge in [0.25, 0.3) is 0 Å². The predicted octanol–water partition coefficient (Wildman–Crippen LogP) is 5.08. The van der Waals surface area contributed by atoms with Crippen LogP contribution in [0.3, 0.4) is 0 Å². The summed E-state index contributed by atoms with van der Waals surface area (Å²) in [6.07, 6.45) is 4.80. The fourth-order valence-electron chi connectivity index (χ4n) is 3.39. The molecule has 0 heterocycles. The SMILES string of the molecule is Cc1cccc(C)c1CCCNCCCc1c(C)cccc1C. The van der Waals surface area contributed by atoms with E-state index in [1.54, 1.807) is 0 Å². The summed E-state index contributed by atoms with van der Waals surface area (Å²) in [7, 11) is 0. The van der Waals surface area contributed by atoms with E-state index in [0.717, 1.165) is 13.1 Å². The van der Waals surface area contributed by atoms with Crippen LogP contribution in [0.4, 0.5) is 0 Å². The normalized spacial score (nSPS) is 11.0. The number of benzene rings is 2. The van der Waals surface area contributed by atoms with E-state index in [2.05, 4.69) is 69.4 Å². The van der Waals surface area contributed by atoms with Gasteiger partial charge in [-0.05, 0) is 99.8 Å². The molecule has 0 aliphatic rings. The van der Waals surface area contributed by atoms with Crippen molar-refractivity contribution in [2.75, 3.05) is 13.1 Å². The molecule has 0 aliphatic heterocycles. The topological polar surface area (TPSA) is 12.0 Å². The summed E-state index contributed by atoms with van der Waals surface area (Å²) in [4.78, 5) is 0. The Morgan fingerprint density at radius 2 is 0.957 bits per heavy atom. The molecule has 2 rings (SSSR count). The number of rotatable bonds is 8. The van der Waals surface area contributed by atoms with Crippen LogP contribution in [0, 0.1) is 27.7 Å². The first-order valence-electron chi connectivity index (χ1n) is 8.90. The van der Waals surface area contributed by atoms with E-state index in [9.17, 15) is 0 Å². The minimum Gasteiger partial charge on any atom is -0.317 e. The summed E-state index contributed by atoms with van der Waals surface area (Å²) in [6, 6.07) is 13.2. The summed E-state index contributed by atoms with van der Waals surface area (Å²) >= 11 is 0. The lowest BCUT2D eigenvalue weighted by Gasteiger charge is -2.11. The van der Waals surface area contributed by atoms with Crippen LogP contribution in [-0.2, 0) is 12.8 Å². The van der Waals surface area contributed by atoms with Crippen molar-refractivity contribution in [2.45, 2.75) is 53.4 Å². The molecule has 0 spiro atoms. The van der Waals surface area contributed by atoms with E-state index in [1.165, 1.54) is 59.1 Å². The van der Waals surface area contributed by atoms with Crippen LogP contribution < -0.4 is 5.32 Å². The zero-order chi connectivity index (χ0) is 16.7. The Hall–Kier alpha value is -1.60. The molecule has 1 nitrogen and oxygen atoms in total. The molecule has 0 saturated carbocycles. The minimum atomic E-state index is 1.11. The molecular weight excluding hydrogens is 278 g/mol. The Morgan fingerprint density at radius 3 is 1.30 bits per heavy atom. The molecule has 0 bridgehead atoms. The second kappa shape index (κ2) is 8.88. The molecule has 23 heavy (non-hydrogen) atoms. The number of hydrogen-bond donors (Lipinski definition) is 1. The van der Waals surface area contributed by atoms with Crippen LogP contribution in [0.1, 0.15) is 46.2 Å². The van der Waals surface area contributed by atoms with Crippen LogP contribution in [0.2, 0.25) is 0 Å². The molecule has 2 aromatic carbocycles. The molecule has 2 aromatic rings. The van der Waals surface area contributed by atoms with Crippen LogP contribution in [0.25, 0.3) is 0 Å². The zero-order valence-corrected chi connectivity index (χ0v) is 15.2. The van der Waals surface area contributed by atoms with Crippen LogP contribution in [0.5, 0.6) is 0 Å². The number of aryl methyl sites for hydroxylation is 4. The molecule has 0 aliphatic carbocycles. The third-order valence-electron chi connectivity index (χ3n) is 4.85. The van der Waals surface area contributed by atoms with Crippen LogP contribution in [-0.4, -0.2) is 13.1 Å².